The number of rotatable bonds is 8. The highest BCUT2D eigenvalue weighted by molar-refractivity contribution is 6.03. The fraction of sp³-hybridized carbons (Fsp3) is 0.400. The molecule has 2 aromatic heterocycles. The second-order valence-corrected chi connectivity index (χ2v) is 8.53. The van der Waals surface area contributed by atoms with Crippen LogP contribution in [-0.4, -0.2) is 48.4 Å². The summed E-state index contributed by atoms with van der Waals surface area (Å²) in [6.07, 6.45) is 5.51. The van der Waals surface area contributed by atoms with Gasteiger partial charge in [-0.3, -0.25) is 9.89 Å². The van der Waals surface area contributed by atoms with Gasteiger partial charge in [0.25, 0.3) is 5.91 Å². The molecule has 4 rings (SSSR count). The molecule has 0 saturated carbocycles. The SMILES string of the molecule is COc1cc(CCc2cc(NC(=O)c3ccc(N4CCC(C)CC4)nc3)n[nH]2)cc(OC)c1. The third-order valence-electron chi connectivity index (χ3n) is 6.08. The van der Waals surface area contributed by atoms with Crippen LogP contribution >= 0.6 is 0 Å². The first-order valence-electron chi connectivity index (χ1n) is 11.3. The highest BCUT2D eigenvalue weighted by Gasteiger charge is 2.17. The molecule has 1 fully saturated rings. The van der Waals surface area contributed by atoms with Gasteiger partial charge in [0, 0.05) is 37.1 Å². The van der Waals surface area contributed by atoms with Crippen LogP contribution in [0.2, 0.25) is 0 Å². The fourth-order valence-electron chi connectivity index (χ4n) is 3.98. The first kappa shape index (κ1) is 22.6. The van der Waals surface area contributed by atoms with Crippen molar-refractivity contribution in [1.29, 1.82) is 0 Å². The lowest BCUT2D eigenvalue weighted by molar-refractivity contribution is 0.102. The number of piperidine rings is 1. The topological polar surface area (TPSA) is 92.4 Å². The maximum Gasteiger partial charge on any atom is 0.258 e. The van der Waals surface area contributed by atoms with Crippen molar-refractivity contribution >= 4 is 17.5 Å². The van der Waals surface area contributed by atoms with Gasteiger partial charge in [0.1, 0.15) is 17.3 Å². The summed E-state index contributed by atoms with van der Waals surface area (Å²) >= 11 is 0. The van der Waals surface area contributed by atoms with E-state index in [1.165, 1.54) is 12.8 Å². The molecule has 0 atom stereocenters. The zero-order chi connectivity index (χ0) is 23.2. The van der Waals surface area contributed by atoms with Crippen molar-refractivity contribution in [1.82, 2.24) is 15.2 Å². The summed E-state index contributed by atoms with van der Waals surface area (Å²) in [5, 5.41) is 10.1. The number of anilines is 2. The summed E-state index contributed by atoms with van der Waals surface area (Å²) in [4.78, 5) is 19.4. The van der Waals surface area contributed by atoms with E-state index < -0.39 is 0 Å². The Labute approximate surface area is 194 Å². The summed E-state index contributed by atoms with van der Waals surface area (Å²) in [7, 11) is 3.28. The zero-order valence-electron chi connectivity index (χ0n) is 19.4. The Morgan fingerprint density at radius 3 is 2.45 bits per heavy atom. The van der Waals surface area contributed by atoms with Gasteiger partial charge in [-0.2, -0.15) is 5.10 Å². The monoisotopic (exact) mass is 449 g/mol. The van der Waals surface area contributed by atoms with Crippen LogP contribution in [0.5, 0.6) is 11.5 Å². The Kier molecular flexibility index (Phi) is 7.12. The number of amides is 1. The lowest BCUT2D eigenvalue weighted by Crippen LogP contribution is -2.33. The molecule has 1 aromatic carbocycles. The van der Waals surface area contributed by atoms with Crippen molar-refractivity contribution in [3.8, 4) is 11.5 Å². The number of benzene rings is 1. The molecule has 0 spiro atoms. The van der Waals surface area contributed by atoms with Crippen molar-refractivity contribution in [2.45, 2.75) is 32.6 Å². The number of nitrogens with zero attached hydrogens (tertiary/aromatic N) is 3. The molecule has 1 aliphatic rings. The summed E-state index contributed by atoms with van der Waals surface area (Å²) in [5.74, 6) is 3.48. The Morgan fingerprint density at radius 2 is 1.82 bits per heavy atom. The molecule has 33 heavy (non-hydrogen) atoms. The summed E-state index contributed by atoms with van der Waals surface area (Å²) < 4.78 is 10.7. The number of aromatic amines is 1. The van der Waals surface area contributed by atoms with Crippen LogP contribution in [0.15, 0.2) is 42.6 Å². The van der Waals surface area contributed by atoms with Crippen molar-refractivity contribution in [3.05, 3.63) is 59.4 Å². The molecule has 1 aliphatic heterocycles. The number of pyridine rings is 1. The number of aromatic nitrogens is 3. The molecule has 1 saturated heterocycles. The number of nitrogens with one attached hydrogen (secondary N) is 2. The molecule has 8 heteroatoms. The van der Waals surface area contributed by atoms with E-state index in [2.05, 4.69) is 32.3 Å². The minimum atomic E-state index is -0.225. The second-order valence-electron chi connectivity index (χ2n) is 8.53. The number of hydrogen-bond acceptors (Lipinski definition) is 6. The Balaban J connectivity index is 1.32. The van der Waals surface area contributed by atoms with Gasteiger partial charge in [0.05, 0.1) is 19.8 Å². The minimum absolute atomic E-state index is 0.225. The first-order chi connectivity index (χ1) is 16.0. The van der Waals surface area contributed by atoms with Crippen LogP contribution in [0, 0.1) is 5.92 Å². The minimum Gasteiger partial charge on any atom is -0.497 e. The average molecular weight is 450 g/mol. The van der Waals surface area contributed by atoms with E-state index in [0.717, 1.165) is 60.4 Å². The third-order valence-corrected chi connectivity index (χ3v) is 6.08. The normalized spacial score (nSPS) is 14.2. The van der Waals surface area contributed by atoms with Gasteiger partial charge in [-0.15, -0.1) is 0 Å². The summed E-state index contributed by atoms with van der Waals surface area (Å²) in [6, 6.07) is 11.4. The van der Waals surface area contributed by atoms with Crippen LogP contribution in [-0.2, 0) is 12.8 Å². The smallest absolute Gasteiger partial charge is 0.258 e. The van der Waals surface area contributed by atoms with Crippen LogP contribution < -0.4 is 19.7 Å². The van der Waals surface area contributed by atoms with Gasteiger partial charge >= 0.3 is 0 Å². The van der Waals surface area contributed by atoms with E-state index in [1.807, 2.05) is 36.4 Å². The summed E-state index contributed by atoms with van der Waals surface area (Å²) in [6.45, 7) is 4.31. The highest BCUT2D eigenvalue weighted by Crippen LogP contribution is 2.24. The molecule has 3 heterocycles. The van der Waals surface area contributed by atoms with E-state index in [-0.39, 0.29) is 5.91 Å². The van der Waals surface area contributed by atoms with E-state index in [1.54, 1.807) is 20.4 Å². The Hall–Kier alpha value is -3.55. The Morgan fingerprint density at radius 1 is 1.09 bits per heavy atom. The molecule has 3 aromatic rings. The standard InChI is InChI=1S/C25H31N5O3/c1-17-8-10-30(11-9-17)24-7-5-19(16-26-24)25(31)27-23-14-20(28-29-23)6-4-18-12-21(32-2)15-22(13-18)33-3/h5,7,12-17H,4,6,8-11H2,1-3H3,(H2,27,28,29,31). The van der Waals surface area contributed by atoms with Crippen molar-refractivity contribution < 1.29 is 14.3 Å². The lowest BCUT2D eigenvalue weighted by Gasteiger charge is -2.31. The maximum atomic E-state index is 12.6. The van der Waals surface area contributed by atoms with E-state index >= 15 is 0 Å². The summed E-state index contributed by atoms with van der Waals surface area (Å²) in [5.41, 5.74) is 2.54. The van der Waals surface area contributed by atoms with Gasteiger partial charge in [-0.1, -0.05) is 6.92 Å². The number of ether oxygens (including phenoxy) is 2. The maximum absolute atomic E-state index is 12.6. The third kappa shape index (κ3) is 5.83. The number of aryl methyl sites for hydroxylation is 2. The number of H-pyrrole nitrogens is 1. The van der Waals surface area contributed by atoms with Crippen molar-refractivity contribution in [2.24, 2.45) is 5.92 Å². The van der Waals surface area contributed by atoms with Crippen LogP contribution in [0.1, 0.15) is 41.4 Å². The molecule has 2 N–H and O–H groups in total. The van der Waals surface area contributed by atoms with Crippen LogP contribution in [0.25, 0.3) is 0 Å². The number of carbonyl (C=O) groups is 1. The van der Waals surface area contributed by atoms with Gasteiger partial charge < -0.3 is 19.7 Å². The number of methoxy groups -OCH3 is 2. The second kappa shape index (κ2) is 10.4. The van der Waals surface area contributed by atoms with E-state index in [0.29, 0.717) is 11.4 Å². The molecule has 0 radical (unpaired) electrons. The van der Waals surface area contributed by atoms with E-state index in [4.69, 9.17) is 9.47 Å². The average Bonchev–Trinajstić information content (AvgIpc) is 3.30. The molecule has 0 bridgehead atoms. The quantitative estimate of drug-likeness (QED) is 0.538. The van der Waals surface area contributed by atoms with Gasteiger partial charge in [-0.05, 0) is 61.4 Å². The van der Waals surface area contributed by atoms with Gasteiger partial charge in [0.2, 0.25) is 0 Å². The molecule has 1 amide bonds. The van der Waals surface area contributed by atoms with Crippen LogP contribution in [0.3, 0.4) is 0 Å². The molecule has 174 valence electrons. The molecular weight excluding hydrogens is 418 g/mol. The Bertz CT molecular complexity index is 1050. The number of hydrogen-bond donors (Lipinski definition) is 2. The van der Waals surface area contributed by atoms with Crippen molar-refractivity contribution in [3.63, 3.8) is 0 Å². The van der Waals surface area contributed by atoms with E-state index in [9.17, 15) is 4.79 Å². The largest absolute Gasteiger partial charge is 0.497 e. The number of carbonyl (C=O) groups excluding carboxylic acids is 1. The van der Waals surface area contributed by atoms with Crippen LogP contribution in [0.4, 0.5) is 11.6 Å². The highest BCUT2D eigenvalue weighted by atomic mass is 16.5. The fourth-order valence-corrected chi connectivity index (χ4v) is 3.98. The predicted molar refractivity (Wildman–Crippen MR) is 128 cm³/mol. The molecule has 8 nitrogen and oxygen atoms in total. The first-order valence-corrected chi connectivity index (χ1v) is 11.3. The van der Waals surface area contributed by atoms with Gasteiger partial charge in [0.15, 0.2) is 5.82 Å². The van der Waals surface area contributed by atoms with Crippen molar-refractivity contribution in [2.75, 3.05) is 37.5 Å². The molecule has 0 aliphatic carbocycles. The lowest BCUT2D eigenvalue weighted by atomic mass is 9.99. The van der Waals surface area contributed by atoms with Gasteiger partial charge in [-0.25, -0.2) is 4.98 Å². The predicted octanol–water partition coefficient (Wildman–Crippen LogP) is 4.10. The molecular formula is C25H31N5O3. The molecule has 0 unspecified atom stereocenters. The zero-order valence-corrected chi connectivity index (χ0v) is 19.4.